The van der Waals surface area contributed by atoms with Gasteiger partial charge in [-0.2, -0.15) is 14.6 Å². The number of aromatic nitrogens is 6. The largest absolute Gasteiger partial charge is 0.358 e. The molecule has 0 radical (unpaired) electrons. The highest BCUT2D eigenvalue weighted by Crippen LogP contribution is 2.30. The second kappa shape index (κ2) is 8.15. The summed E-state index contributed by atoms with van der Waals surface area (Å²) < 4.78 is 15.5. The summed E-state index contributed by atoms with van der Waals surface area (Å²) in [5.74, 6) is -0.00365. The van der Waals surface area contributed by atoms with Crippen LogP contribution in [0.15, 0.2) is 48.9 Å². The van der Waals surface area contributed by atoms with Crippen molar-refractivity contribution in [3.8, 4) is 11.4 Å². The number of para-hydroxylation sites is 1. The van der Waals surface area contributed by atoms with E-state index in [1.165, 1.54) is 44.5 Å². The summed E-state index contributed by atoms with van der Waals surface area (Å²) in [6.07, 6.45) is 6.73. The number of halogens is 1. The molecule has 10 heteroatoms. The van der Waals surface area contributed by atoms with Crippen molar-refractivity contribution in [3.63, 3.8) is 0 Å². The Morgan fingerprint density at radius 3 is 2.89 bits per heavy atom. The number of H-pyrrole nitrogens is 1. The zero-order chi connectivity index (χ0) is 24.1. The van der Waals surface area contributed by atoms with E-state index in [1.54, 1.807) is 14.1 Å². The van der Waals surface area contributed by atoms with Crippen molar-refractivity contribution in [1.82, 2.24) is 34.4 Å². The third kappa shape index (κ3) is 3.67. The monoisotopic (exact) mass is 470 g/mol. The van der Waals surface area contributed by atoms with Crippen molar-refractivity contribution in [2.45, 2.75) is 25.3 Å². The lowest BCUT2D eigenvalue weighted by Gasteiger charge is -2.24. The molecule has 4 aromatic heterocycles. The van der Waals surface area contributed by atoms with Crippen molar-refractivity contribution in [1.29, 1.82) is 0 Å². The number of amides is 1. The number of hydrogen-bond acceptors (Lipinski definition) is 6. The highest BCUT2D eigenvalue weighted by molar-refractivity contribution is 5.99. The van der Waals surface area contributed by atoms with Gasteiger partial charge in [-0.1, -0.05) is 18.2 Å². The first-order valence-corrected chi connectivity index (χ1v) is 11.4. The van der Waals surface area contributed by atoms with Crippen LogP contribution in [0.5, 0.6) is 0 Å². The number of carbonyl (C=O) groups excluding carboxylic acids is 1. The fourth-order valence-electron chi connectivity index (χ4n) is 4.70. The molecule has 1 unspecified atom stereocenters. The molecule has 2 N–H and O–H groups in total. The van der Waals surface area contributed by atoms with Gasteiger partial charge in [-0.05, 0) is 37.0 Å². The number of fused-ring (bicyclic) bond motifs is 4. The van der Waals surface area contributed by atoms with E-state index < -0.39 is 5.82 Å². The van der Waals surface area contributed by atoms with Crippen LogP contribution < -0.4 is 5.32 Å². The van der Waals surface area contributed by atoms with Crippen molar-refractivity contribution < 1.29 is 9.18 Å². The number of carbonyl (C=O) groups is 1. The van der Waals surface area contributed by atoms with Crippen molar-refractivity contribution >= 4 is 28.4 Å². The van der Waals surface area contributed by atoms with Crippen molar-refractivity contribution in [2.75, 3.05) is 19.4 Å². The molecule has 1 aliphatic rings. The molecule has 0 spiro atoms. The molecule has 0 bridgehead atoms. The van der Waals surface area contributed by atoms with Gasteiger partial charge in [-0.15, -0.1) is 0 Å². The molecular weight excluding hydrogens is 447 g/mol. The van der Waals surface area contributed by atoms with Gasteiger partial charge in [-0.3, -0.25) is 9.78 Å². The van der Waals surface area contributed by atoms with Gasteiger partial charge in [0.1, 0.15) is 11.4 Å². The fourth-order valence-corrected chi connectivity index (χ4v) is 4.70. The smallest absolute Gasteiger partial charge is 0.258 e. The summed E-state index contributed by atoms with van der Waals surface area (Å²) in [6, 6.07) is 9.73. The Bertz CT molecular complexity index is 1590. The fraction of sp³-hybridized carbons (Fsp3) is 0.240. The predicted molar refractivity (Wildman–Crippen MR) is 130 cm³/mol. The molecule has 1 aromatic carbocycles. The minimum atomic E-state index is -0.488. The van der Waals surface area contributed by atoms with Gasteiger partial charge < -0.3 is 15.2 Å². The zero-order valence-electron chi connectivity index (χ0n) is 19.3. The highest BCUT2D eigenvalue weighted by Gasteiger charge is 2.25. The van der Waals surface area contributed by atoms with E-state index in [4.69, 9.17) is 0 Å². The van der Waals surface area contributed by atoms with E-state index in [2.05, 4.69) is 42.5 Å². The molecule has 0 saturated carbocycles. The quantitative estimate of drug-likeness (QED) is 0.417. The molecule has 6 rings (SSSR count). The van der Waals surface area contributed by atoms with Gasteiger partial charge in [0.2, 0.25) is 5.95 Å². The molecule has 1 atom stereocenters. The van der Waals surface area contributed by atoms with Gasteiger partial charge >= 0.3 is 0 Å². The van der Waals surface area contributed by atoms with Crippen LogP contribution in [0.3, 0.4) is 0 Å². The summed E-state index contributed by atoms with van der Waals surface area (Å²) in [5, 5.41) is 9.16. The van der Waals surface area contributed by atoms with Crippen LogP contribution in [0.25, 0.3) is 27.9 Å². The number of aryl methyl sites for hydroxylation is 1. The Labute approximate surface area is 200 Å². The van der Waals surface area contributed by atoms with Gasteiger partial charge in [0, 0.05) is 48.5 Å². The van der Waals surface area contributed by atoms with Crippen LogP contribution in [0.2, 0.25) is 0 Å². The van der Waals surface area contributed by atoms with Gasteiger partial charge in [0.25, 0.3) is 5.91 Å². The summed E-state index contributed by atoms with van der Waals surface area (Å²) in [4.78, 5) is 30.9. The normalized spacial score (nSPS) is 15.3. The molecule has 176 valence electrons. The number of rotatable bonds is 4. The minimum Gasteiger partial charge on any atom is -0.358 e. The number of anilines is 1. The third-order valence-electron chi connectivity index (χ3n) is 6.40. The lowest BCUT2D eigenvalue weighted by molar-refractivity contribution is 0.0829. The van der Waals surface area contributed by atoms with Gasteiger partial charge in [-0.25, -0.2) is 9.37 Å². The van der Waals surface area contributed by atoms with E-state index in [9.17, 15) is 9.18 Å². The Morgan fingerprint density at radius 1 is 1.20 bits per heavy atom. The lowest BCUT2D eigenvalue weighted by Crippen LogP contribution is -2.29. The van der Waals surface area contributed by atoms with Crippen molar-refractivity contribution in [2.24, 2.45) is 0 Å². The lowest BCUT2D eigenvalue weighted by atomic mass is 9.91. The number of benzene rings is 1. The second-order valence-corrected chi connectivity index (χ2v) is 8.97. The molecule has 0 aliphatic heterocycles. The van der Waals surface area contributed by atoms with Crippen LogP contribution >= 0.6 is 0 Å². The van der Waals surface area contributed by atoms with Crippen LogP contribution in [0, 0.1) is 5.82 Å². The molecule has 35 heavy (non-hydrogen) atoms. The average Bonchev–Trinajstić information content (AvgIpc) is 3.45. The topological polar surface area (TPSA) is 104 Å². The number of pyridine rings is 1. The van der Waals surface area contributed by atoms with Crippen LogP contribution in [0.4, 0.5) is 10.3 Å². The molecule has 9 nitrogen and oxygen atoms in total. The summed E-state index contributed by atoms with van der Waals surface area (Å²) in [6.45, 7) is 0. The van der Waals surface area contributed by atoms with E-state index in [-0.39, 0.29) is 17.8 Å². The minimum absolute atomic E-state index is 0.0930. The van der Waals surface area contributed by atoms with E-state index >= 15 is 0 Å². The maximum Gasteiger partial charge on any atom is 0.258 e. The molecule has 0 saturated heterocycles. The van der Waals surface area contributed by atoms with Crippen LogP contribution in [0.1, 0.15) is 28.0 Å². The first-order valence-electron chi connectivity index (χ1n) is 11.4. The van der Waals surface area contributed by atoms with Crippen molar-refractivity contribution in [3.05, 3.63) is 71.6 Å². The molecule has 4 heterocycles. The number of hydrogen-bond donors (Lipinski definition) is 2. The Balaban J connectivity index is 1.43. The van der Waals surface area contributed by atoms with Gasteiger partial charge in [0.05, 0.1) is 12.4 Å². The number of nitrogens with zero attached hydrogens (tertiary/aromatic N) is 6. The molecule has 5 aromatic rings. The van der Waals surface area contributed by atoms with E-state index in [0.29, 0.717) is 22.7 Å². The molecule has 1 aliphatic carbocycles. The molecule has 1 amide bonds. The first-order chi connectivity index (χ1) is 17.0. The molecule has 0 fully saturated rings. The predicted octanol–water partition coefficient (Wildman–Crippen LogP) is 3.48. The molecular formula is C25H23FN8O. The second-order valence-electron chi connectivity index (χ2n) is 8.97. The third-order valence-corrected chi connectivity index (χ3v) is 6.40. The summed E-state index contributed by atoms with van der Waals surface area (Å²) >= 11 is 0. The zero-order valence-corrected chi connectivity index (χ0v) is 19.3. The Morgan fingerprint density at radius 2 is 2.06 bits per heavy atom. The highest BCUT2D eigenvalue weighted by atomic mass is 19.1. The van der Waals surface area contributed by atoms with Crippen LogP contribution in [-0.4, -0.2) is 60.5 Å². The average molecular weight is 471 g/mol. The van der Waals surface area contributed by atoms with E-state index in [0.717, 1.165) is 31.0 Å². The standard InChI is InChI=1S/C25H23FN8O/c1-33(2)24(35)19-13-28-34-23(19)31-22(14-9-15(26)12-27-11-14)32-25(34)29-16-7-8-21-18(10-16)17-5-3-4-6-20(17)30-21/h3-6,9,11-13,16,30H,7-8,10H2,1-2H3,(H,29,31,32). The SMILES string of the molecule is CN(C)C(=O)c1cnn2c(NC3CCc4[nH]c5ccccc5c4C3)nc(-c3cncc(F)c3)nc12. The Hall–Kier alpha value is -4.34. The summed E-state index contributed by atoms with van der Waals surface area (Å²) in [7, 11) is 3.34. The maximum absolute atomic E-state index is 13.9. The Kier molecular flexibility index (Phi) is 4.94. The number of nitrogens with one attached hydrogen (secondary N) is 2. The number of aromatic amines is 1. The van der Waals surface area contributed by atoms with Crippen LogP contribution in [-0.2, 0) is 12.8 Å². The van der Waals surface area contributed by atoms with E-state index in [1.807, 2.05) is 12.1 Å². The first kappa shape index (κ1) is 21.2. The maximum atomic E-state index is 13.9. The summed E-state index contributed by atoms with van der Waals surface area (Å²) in [5.41, 5.74) is 4.82. The van der Waals surface area contributed by atoms with Gasteiger partial charge in [0.15, 0.2) is 11.5 Å².